The van der Waals surface area contributed by atoms with Gasteiger partial charge in [0.1, 0.15) is 22.5 Å². The Morgan fingerprint density at radius 3 is 2.35 bits per heavy atom. The lowest BCUT2D eigenvalue weighted by atomic mass is 10.1. The molecular weight excluding hydrogens is 308 g/mol. The lowest BCUT2D eigenvalue weighted by molar-refractivity contribution is 0.403. The van der Waals surface area contributed by atoms with Gasteiger partial charge in [0.25, 0.3) is 0 Å². The molecule has 3 rings (SSSR count). The van der Waals surface area contributed by atoms with E-state index in [2.05, 4.69) is 0 Å². The highest BCUT2D eigenvalue weighted by Crippen LogP contribution is 2.37. The van der Waals surface area contributed by atoms with Crippen LogP contribution in [0.2, 0.25) is 0 Å². The van der Waals surface area contributed by atoms with Gasteiger partial charge in [0.05, 0.1) is 4.11 Å². The van der Waals surface area contributed by atoms with Crippen molar-refractivity contribution in [2.75, 3.05) is 0 Å². The average molecular weight is 323 g/mol. The van der Waals surface area contributed by atoms with Crippen molar-refractivity contribution >= 4 is 11.0 Å². The summed E-state index contributed by atoms with van der Waals surface area (Å²) in [5.41, 5.74) is -2.07. The summed E-state index contributed by atoms with van der Waals surface area (Å²) >= 11 is 0. The molecule has 0 radical (unpaired) electrons. The summed E-state index contributed by atoms with van der Waals surface area (Å²) in [6.45, 7) is 0. The van der Waals surface area contributed by atoms with Crippen LogP contribution in [0.15, 0.2) is 39.5 Å². The second kappa shape index (κ2) is 5.43. The van der Waals surface area contributed by atoms with E-state index < -0.39 is 69.0 Å². The SMILES string of the molecule is O.[2H]c1c([2H])c(-c2oc3cc(O)cc(O)c3c(=O)c2O)c([2H])c(O)c1O. The molecule has 0 atom stereocenters. The predicted molar refractivity (Wildman–Crippen MR) is 79.9 cm³/mol. The van der Waals surface area contributed by atoms with Gasteiger partial charge in [-0.3, -0.25) is 4.79 Å². The fourth-order valence-corrected chi connectivity index (χ4v) is 1.95. The van der Waals surface area contributed by atoms with E-state index >= 15 is 0 Å². The summed E-state index contributed by atoms with van der Waals surface area (Å²) in [7, 11) is 0. The summed E-state index contributed by atoms with van der Waals surface area (Å²) < 4.78 is 28.4. The molecule has 2 aromatic carbocycles. The first-order chi connectivity index (χ1) is 11.6. The molecule has 0 saturated heterocycles. The van der Waals surface area contributed by atoms with Crippen LogP contribution in [0.4, 0.5) is 0 Å². The number of benzene rings is 2. The zero-order valence-corrected chi connectivity index (χ0v) is 11.2. The molecule has 0 bridgehead atoms. The number of hydrogen-bond donors (Lipinski definition) is 5. The van der Waals surface area contributed by atoms with Crippen molar-refractivity contribution < 1.29 is 39.5 Å². The minimum absolute atomic E-state index is 0. The molecule has 0 aliphatic carbocycles. The lowest BCUT2D eigenvalue weighted by Crippen LogP contribution is -2.02. The molecule has 0 spiro atoms. The number of fused-ring (bicyclic) bond motifs is 1. The highest BCUT2D eigenvalue weighted by molar-refractivity contribution is 5.88. The van der Waals surface area contributed by atoms with E-state index in [0.717, 1.165) is 12.1 Å². The minimum atomic E-state index is -1.10. The Labute approximate surface area is 132 Å². The summed E-state index contributed by atoms with van der Waals surface area (Å²) in [4.78, 5) is 12.3. The summed E-state index contributed by atoms with van der Waals surface area (Å²) in [5, 5.41) is 48.1. The number of aromatic hydroxyl groups is 5. The summed E-state index contributed by atoms with van der Waals surface area (Å²) in [5.74, 6) is -4.93. The first-order valence-corrected chi connectivity index (χ1v) is 5.89. The van der Waals surface area contributed by atoms with Gasteiger partial charge in [-0.2, -0.15) is 0 Å². The molecular formula is C15H12O8. The maximum absolute atomic E-state index is 12.3. The topological polar surface area (TPSA) is 163 Å². The zero-order chi connectivity index (χ0) is 18.6. The molecule has 8 nitrogen and oxygen atoms in total. The van der Waals surface area contributed by atoms with E-state index in [9.17, 15) is 30.3 Å². The minimum Gasteiger partial charge on any atom is -0.508 e. The molecule has 1 heterocycles. The quantitative estimate of drug-likeness (QED) is 0.419. The molecule has 8 heteroatoms. The zero-order valence-electron chi connectivity index (χ0n) is 14.2. The van der Waals surface area contributed by atoms with Gasteiger partial charge in [0.2, 0.25) is 11.2 Å². The van der Waals surface area contributed by atoms with Gasteiger partial charge in [-0.25, -0.2) is 0 Å². The number of phenols is 4. The van der Waals surface area contributed by atoms with Crippen LogP contribution in [0.3, 0.4) is 0 Å². The molecule has 0 aliphatic heterocycles. The van der Waals surface area contributed by atoms with Gasteiger partial charge in [0, 0.05) is 17.7 Å². The molecule has 0 amide bonds. The molecule has 1 aromatic heterocycles. The standard InChI is InChI=1S/C15H10O7.H2O/c16-7-4-10(19)12-11(5-7)22-15(14(21)13(12)20)6-1-2-8(17)9(18)3-6;/h1-5,16-19,21H;1H2/i1D,2D,3D;. The molecule has 3 aromatic rings. The Balaban J connectivity index is 0.00000243. The molecule has 120 valence electrons. The first-order valence-electron chi connectivity index (χ1n) is 7.39. The largest absolute Gasteiger partial charge is 0.508 e. The lowest BCUT2D eigenvalue weighted by Gasteiger charge is -2.08. The maximum atomic E-state index is 12.3. The molecule has 0 unspecified atom stereocenters. The normalized spacial score (nSPS) is 12.3. The smallest absolute Gasteiger partial charge is 0.238 e. The molecule has 0 fully saturated rings. The van der Waals surface area contributed by atoms with E-state index in [4.69, 9.17) is 8.53 Å². The van der Waals surface area contributed by atoms with E-state index in [0.29, 0.717) is 0 Å². The van der Waals surface area contributed by atoms with Gasteiger partial charge < -0.3 is 35.4 Å². The molecule has 7 N–H and O–H groups in total. The van der Waals surface area contributed by atoms with Crippen LogP contribution in [0, 0.1) is 0 Å². The maximum Gasteiger partial charge on any atom is 0.238 e. The van der Waals surface area contributed by atoms with Gasteiger partial charge in [-0.1, -0.05) is 0 Å². The first kappa shape index (κ1) is 12.2. The van der Waals surface area contributed by atoms with E-state index in [-0.39, 0.29) is 11.1 Å². The van der Waals surface area contributed by atoms with Crippen LogP contribution in [0.1, 0.15) is 4.11 Å². The third-order valence-corrected chi connectivity index (χ3v) is 2.94. The van der Waals surface area contributed by atoms with Crippen LogP contribution in [0.25, 0.3) is 22.3 Å². The Bertz CT molecular complexity index is 1080. The Kier molecular flexibility index (Phi) is 2.87. The van der Waals surface area contributed by atoms with Crippen molar-refractivity contribution in [2.45, 2.75) is 0 Å². The van der Waals surface area contributed by atoms with Gasteiger partial charge >= 0.3 is 0 Å². The van der Waals surface area contributed by atoms with E-state index in [1.165, 1.54) is 0 Å². The van der Waals surface area contributed by atoms with Crippen molar-refractivity contribution in [2.24, 2.45) is 0 Å². The van der Waals surface area contributed by atoms with Crippen LogP contribution in [-0.4, -0.2) is 31.0 Å². The van der Waals surface area contributed by atoms with E-state index in [1.807, 2.05) is 0 Å². The Morgan fingerprint density at radius 2 is 1.65 bits per heavy atom. The van der Waals surface area contributed by atoms with Crippen LogP contribution < -0.4 is 5.43 Å². The van der Waals surface area contributed by atoms with Crippen molar-refractivity contribution in [1.29, 1.82) is 0 Å². The second-order valence-corrected chi connectivity index (χ2v) is 4.39. The highest BCUT2D eigenvalue weighted by Gasteiger charge is 2.19. The third kappa shape index (κ3) is 2.47. The number of hydrogen-bond acceptors (Lipinski definition) is 7. The molecule has 0 saturated carbocycles. The van der Waals surface area contributed by atoms with Crippen LogP contribution in [0.5, 0.6) is 28.7 Å². The number of phenolic OH excluding ortho intramolecular Hbond substituents is 4. The Hall–Kier alpha value is -3.39. The molecule has 0 aliphatic rings. The summed E-state index contributed by atoms with van der Waals surface area (Å²) in [6.07, 6.45) is 0. The predicted octanol–water partition coefficient (Wildman–Crippen LogP) is 1.16. The highest BCUT2D eigenvalue weighted by atomic mass is 16.4. The van der Waals surface area contributed by atoms with Crippen molar-refractivity contribution in [1.82, 2.24) is 0 Å². The number of rotatable bonds is 1. The van der Waals surface area contributed by atoms with E-state index in [1.54, 1.807) is 0 Å². The summed E-state index contributed by atoms with van der Waals surface area (Å²) in [6, 6.07) is -0.639. The van der Waals surface area contributed by atoms with Gasteiger partial charge in [-0.15, -0.1) is 0 Å². The van der Waals surface area contributed by atoms with Gasteiger partial charge in [0.15, 0.2) is 17.3 Å². The monoisotopic (exact) mass is 323 g/mol. The fourth-order valence-electron chi connectivity index (χ4n) is 1.95. The van der Waals surface area contributed by atoms with Crippen molar-refractivity contribution in [3.05, 3.63) is 40.5 Å². The third-order valence-electron chi connectivity index (χ3n) is 2.94. The van der Waals surface area contributed by atoms with Crippen molar-refractivity contribution in [3.63, 3.8) is 0 Å². The molecule has 23 heavy (non-hydrogen) atoms. The average Bonchev–Trinajstić information content (AvgIpc) is 2.55. The van der Waals surface area contributed by atoms with Crippen molar-refractivity contribution in [3.8, 4) is 40.1 Å². The Morgan fingerprint density at radius 1 is 0.957 bits per heavy atom. The van der Waals surface area contributed by atoms with Crippen LogP contribution >= 0.6 is 0 Å². The van der Waals surface area contributed by atoms with Gasteiger partial charge in [-0.05, 0) is 18.1 Å². The second-order valence-electron chi connectivity index (χ2n) is 4.39. The van der Waals surface area contributed by atoms with Crippen LogP contribution in [-0.2, 0) is 0 Å². The fraction of sp³-hybridized carbons (Fsp3) is 0.